The molecule has 5 nitrogen and oxygen atoms in total. The lowest BCUT2D eigenvalue weighted by Crippen LogP contribution is -2.48. The van der Waals surface area contributed by atoms with Crippen molar-refractivity contribution in [3.05, 3.63) is 0 Å². The lowest BCUT2D eigenvalue weighted by Gasteiger charge is -2.13. The highest BCUT2D eigenvalue weighted by Gasteiger charge is 2.15. The predicted molar refractivity (Wildman–Crippen MR) is 45.3 cm³/mol. The van der Waals surface area contributed by atoms with Gasteiger partial charge < -0.3 is 16.4 Å². The standard InChI is InChI=1S/C7H15N3O2/c1-4(8)6(11)10-5(2)7(12)9-3/h4-5H,8H2,1-3H3,(H,9,12)(H,10,11)/t4-,5+/m0/s1. The zero-order valence-electron chi connectivity index (χ0n) is 7.55. The fraction of sp³-hybridized carbons (Fsp3) is 0.714. The van der Waals surface area contributed by atoms with Gasteiger partial charge in [-0.15, -0.1) is 0 Å². The van der Waals surface area contributed by atoms with Crippen LogP contribution in [0.5, 0.6) is 0 Å². The Morgan fingerprint density at radius 1 is 1.25 bits per heavy atom. The van der Waals surface area contributed by atoms with Crippen LogP contribution in [0.25, 0.3) is 0 Å². The maximum atomic E-state index is 11.0. The Balaban J connectivity index is 3.92. The van der Waals surface area contributed by atoms with Gasteiger partial charge in [0.2, 0.25) is 11.8 Å². The molecule has 0 fully saturated rings. The van der Waals surface area contributed by atoms with Crippen LogP contribution in [-0.2, 0) is 9.59 Å². The van der Waals surface area contributed by atoms with Crippen molar-refractivity contribution in [1.82, 2.24) is 10.6 Å². The molecular weight excluding hydrogens is 158 g/mol. The van der Waals surface area contributed by atoms with Crippen LogP contribution in [0.4, 0.5) is 0 Å². The minimum Gasteiger partial charge on any atom is -0.357 e. The first kappa shape index (κ1) is 10.9. The molecule has 0 unspecified atom stereocenters. The molecule has 0 aliphatic carbocycles. The molecule has 4 N–H and O–H groups in total. The Bertz CT molecular complexity index is 179. The van der Waals surface area contributed by atoms with Crippen molar-refractivity contribution in [2.24, 2.45) is 5.73 Å². The van der Waals surface area contributed by atoms with Crippen molar-refractivity contribution >= 4 is 11.8 Å². The van der Waals surface area contributed by atoms with Gasteiger partial charge in [-0.05, 0) is 13.8 Å². The molecule has 5 heteroatoms. The van der Waals surface area contributed by atoms with Gasteiger partial charge in [0, 0.05) is 7.05 Å². The fourth-order valence-electron chi connectivity index (χ4n) is 0.627. The summed E-state index contributed by atoms with van der Waals surface area (Å²) in [6.07, 6.45) is 0. The molecule has 12 heavy (non-hydrogen) atoms. The summed E-state index contributed by atoms with van der Waals surface area (Å²) in [6, 6.07) is -1.12. The van der Waals surface area contributed by atoms with E-state index in [2.05, 4.69) is 10.6 Å². The summed E-state index contributed by atoms with van der Waals surface area (Å²) in [4.78, 5) is 21.9. The Labute approximate surface area is 71.7 Å². The van der Waals surface area contributed by atoms with E-state index in [-0.39, 0.29) is 11.8 Å². The summed E-state index contributed by atoms with van der Waals surface area (Å²) in [5.74, 6) is -0.560. The van der Waals surface area contributed by atoms with Crippen LogP contribution in [-0.4, -0.2) is 30.9 Å². The number of rotatable bonds is 3. The summed E-state index contributed by atoms with van der Waals surface area (Å²) in [5, 5.41) is 4.87. The number of nitrogens with one attached hydrogen (secondary N) is 2. The summed E-state index contributed by atoms with van der Waals surface area (Å²) in [7, 11) is 1.51. The number of carbonyl (C=O) groups excluding carboxylic acids is 2. The number of hydrogen-bond acceptors (Lipinski definition) is 3. The third-order valence-corrected chi connectivity index (χ3v) is 1.41. The Hall–Kier alpha value is -1.10. The van der Waals surface area contributed by atoms with Crippen molar-refractivity contribution in [1.29, 1.82) is 0 Å². The Morgan fingerprint density at radius 2 is 1.75 bits per heavy atom. The quantitative estimate of drug-likeness (QED) is 0.490. The van der Waals surface area contributed by atoms with Gasteiger partial charge in [0.1, 0.15) is 6.04 Å². The molecule has 0 aromatic heterocycles. The molecular formula is C7H15N3O2. The minimum absolute atomic E-state index is 0.232. The Kier molecular flexibility index (Phi) is 4.28. The summed E-state index contributed by atoms with van der Waals surface area (Å²) in [6.45, 7) is 3.16. The van der Waals surface area contributed by atoms with Crippen LogP contribution >= 0.6 is 0 Å². The average Bonchev–Trinajstić information content (AvgIpc) is 2.02. The SMILES string of the molecule is CNC(=O)[C@@H](C)NC(=O)[C@H](C)N. The van der Waals surface area contributed by atoms with Crippen LogP contribution in [0.1, 0.15) is 13.8 Å². The third kappa shape index (κ3) is 3.34. The zero-order valence-corrected chi connectivity index (χ0v) is 7.55. The molecule has 2 atom stereocenters. The normalized spacial score (nSPS) is 14.7. The first-order valence-corrected chi connectivity index (χ1v) is 3.76. The van der Waals surface area contributed by atoms with Gasteiger partial charge in [-0.25, -0.2) is 0 Å². The van der Waals surface area contributed by atoms with E-state index in [1.54, 1.807) is 13.8 Å². The molecule has 0 aliphatic rings. The van der Waals surface area contributed by atoms with E-state index in [1.807, 2.05) is 0 Å². The van der Waals surface area contributed by atoms with Crippen molar-refractivity contribution in [2.75, 3.05) is 7.05 Å². The highest BCUT2D eigenvalue weighted by molar-refractivity contribution is 5.88. The van der Waals surface area contributed by atoms with Crippen molar-refractivity contribution in [2.45, 2.75) is 25.9 Å². The second-order valence-corrected chi connectivity index (χ2v) is 2.63. The Morgan fingerprint density at radius 3 is 2.08 bits per heavy atom. The molecule has 0 aromatic rings. The first-order chi connectivity index (χ1) is 5.49. The number of nitrogens with two attached hydrogens (primary N) is 1. The second kappa shape index (κ2) is 4.71. The van der Waals surface area contributed by atoms with E-state index < -0.39 is 12.1 Å². The molecule has 0 radical (unpaired) electrons. The largest absolute Gasteiger partial charge is 0.357 e. The fourth-order valence-corrected chi connectivity index (χ4v) is 0.627. The highest BCUT2D eigenvalue weighted by atomic mass is 16.2. The van der Waals surface area contributed by atoms with Crippen molar-refractivity contribution in [3.8, 4) is 0 Å². The number of carbonyl (C=O) groups is 2. The second-order valence-electron chi connectivity index (χ2n) is 2.63. The van der Waals surface area contributed by atoms with Crippen molar-refractivity contribution < 1.29 is 9.59 Å². The van der Waals surface area contributed by atoms with E-state index in [1.165, 1.54) is 7.05 Å². The number of likely N-dealkylation sites (N-methyl/N-ethyl adjacent to an activating group) is 1. The van der Waals surface area contributed by atoms with E-state index in [0.717, 1.165) is 0 Å². The van der Waals surface area contributed by atoms with Gasteiger partial charge in [0.15, 0.2) is 0 Å². The molecule has 0 rings (SSSR count). The molecule has 0 heterocycles. The molecule has 0 spiro atoms. The first-order valence-electron chi connectivity index (χ1n) is 3.76. The average molecular weight is 173 g/mol. The van der Waals surface area contributed by atoms with E-state index in [9.17, 15) is 9.59 Å². The minimum atomic E-state index is -0.586. The van der Waals surface area contributed by atoms with Crippen LogP contribution in [0.2, 0.25) is 0 Å². The van der Waals surface area contributed by atoms with Gasteiger partial charge in [0.25, 0.3) is 0 Å². The molecule has 0 saturated heterocycles. The van der Waals surface area contributed by atoms with Gasteiger partial charge >= 0.3 is 0 Å². The van der Waals surface area contributed by atoms with Crippen LogP contribution in [0, 0.1) is 0 Å². The van der Waals surface area contributed by atoms with E-state index in [4.69, 9.17) is 5.73 Å². The molecule has 0 bridgehead atoms. The lowest BCUT2D eigenvalue weighted by atomic mass is 10.2. The van der Waals surface area contributed by atoms with Gasteiger partial charge in [0.05, 0.1) is 6.04 Å². The molecule has 70 valence electrons. The van der Waals surface area contributed by atoms with Crippen LogP contribution in [0.15, 0.2) is 0 Å². The molecule has 2 amide bonds. The highest BCUT2D eigenvalue weighted by Crippen LogP contribution is 1.83. The summed E-state index contributed by atoms with van der Waals surface area (Å²) in [5.41, 5.74) is 5.28. The van der Waals surface area contributed by atoms with E-state index in [0.29, 0.717) is 0 Å². The predicted octanol–water partition coefficient (Wildman–Crippen LogP) is -1.42. The molecule has 0 saturated carbocycles. The van der Waals surface area contributed by atoms with Gasteiger partial charge in [-0.1, -0.05) is 0 Å². The lowest BCUT2D eigenvalue weighted by molar-refractivity contribution is -0.128. The maximum absolute atomic E-state index is 11.0. The van der Waals surface area contributed by atoms with E-state index >= 15 is 0 Å². The summed E-state index contributed by atoms with van der Waals surface area (Å²) >= 11 is 0. The molecule has 0 aromatic carbocycles. The molecule has 0 aliphatic heterocycles. The topological polar surface area (TPSA) is 84.2 Å². The zero-order chi connectivity index (χ0) is 9.72. The smallest absolute Gasteiger partial charge is 0.242 e. The number of hydrogen-bond donors (Lipinski definition) is 3. The van der Waals surface area contributed by atoms with Crippen LogP contribution < -0.4 is 16.4 Å². The number of amides is 2. The van der Waals surface area contributed by atoms with Crippen LogP contribution in [0.3, 0.4) is 0 Å². The van der Waals surface area contributed by atoms with Crippen molar-refractivity contribution in [3.63, 3.8) is 0 Å². The third-order valence-electron chi connectivity index (χ3n) is 1.41. The monoisotopic (exact) mass is 173 g/mol. The maximum Gasteiger partial charge on any atom is 0.242 e. The van der Waals surface area contributed by atoms with Gasteiger partial charge in [-0.2, -0.15) is 0 Å². The summed E-state index contributed by atoms with van der Waals surface area (Å²) < 4.78 is 0. The van der Waals surface area contributed by atoms with Gasteiger partial charge in [-0.3, -0.25) is 9.59 Å².